The molecule has 0 amide bonds. The Morgan fingerprint density at radius 3 is 2.21 bits per heavy atom. The third kappa shape index (κ3) is 4.60. The molecule has 0 radical (unpaired) electrons. The minimum absolute atomic E-state index is 0.217. The molecule has 29 heavy (non-hydrogen) atoms. The molecule has 0 unspecified atom stereocenters. The van der Waals surface area contributed by atoms with Crippen LogP contribution in [0.2, 0.25) is 0 Å². The predicted molar refractivity (Wildman–Crippen MR) is 108 cm³/mol. The first kappa shape index (κ1) is 23.6. The summed E-state index contributed by atoms with van der Waals surface area (Å²) in [7, 11) is 3.18. The predicted octanol–water partition coefficient (Wildman–Crippen LogP) is 2.57. The van der Waals surface area contributed by atoms with E-state index >= 15 is 0 Å². The molecule has 2 aliphatic rings. The number of hydrogen-bond donors (Lipinski definition) is 1. The third-order valence-corrected chi connectivity index (χ3v) is 7.23. The fourth-order valence-electron chi connectivity index (χ4n) is 6.32. The first-order chi connectivity index (χ1) is 13.6. The number of fused-ring (bicyclic) bond motifs is 1. The quantitative estimate of drug-likeness (QED) is 0.530. The maximum atomic E-state index is 12.7. The number of rotatable bonds is 6. The molecule has 0 aliphatic heterocycles. The van der Waals surface area contributed by atoms with E-state index in [-0.39, 0.29) is 35.8 Å². The molecule has 2 fully saturated rings. The van der Waals surface area contributed by atoms with Gasteiger partial charge in [-0.1, -0.05) is 20.8 Å². The molecule has 0 aromatic carbocycles. The zero-order valence-electron chi connectivity index (χ0n) is 18.8. The van der Waals surface area contributed by atoms with Crippen molar-refractivity contribution in [2.24, 2.45) is 35.0 Å². The number of methoxy groups -OCH3 is 1. The highest BCUT2D eigenvalue weighted by atomic mass is 16.6. The van der Waals surface area contributed by atoms with Crippen LogP contribution < -0.4 is 5.32 Å². The van der Waals surface area contributed by atoms with E-state index in [1.165, 1.54) is 21.0 Å². The lowest BCUT2D eigenvalue weighted by Crippen LogP contribution is -2.53. The van der Waals surface area contributed by atoms with Crippen LogP contribution in [-0.4, -0.2) is 50.8 Å². The molecule has 0 aromatic rings. The van der Waals surface area contributed by atoms with Crippen LogP contribution >= 0.6 is 0 Å². The van der Waals surface area contributed by atoms with Gasteiger partial charge < -0.3 is 19.5 Å². The van der Waals surface area contributed by atoms with Gasteiger partial charge in [0.2, 0.25) is 0 Å². The van der Waals surface area contributed by atoms with Crippen molar-refractivity contribution in [1.82, 2.24) is 5.32 Å². The number of carbonyl (C=O) groups excluding carboxylic acids is 3. The van der Waals surface area contributed by atoms with Crippen molar-refractivity contribution in [2.75, 3.05) is 20.7 Å². The standard InChI is InChI=1S/C22H37NO6/c1-12-8-9-16(17(11-23-6)21(26)27-7)20(29-15(4)25)22(5)18(28-14(3)24)10-13(2)19(12)22/h12-13,16-20,23H,8-11H2,1-7H3/t12-,13+,16+,17-,18+,19-,20+,22-/m1/s1. The van der Waals surface area contributed by atoms with Crippen LogP contribution in [0.3, 0.4) is 0 Å². The average molecular weight is 412 g/mol. The van der Waals surface area contributed by atoms with Gasteiger partial charge in [-0.3, -0.25) is 14.4 Å². The Morgan fingerprint density at radius 1 is 1.07 bits per heavy atom. The molecule has 7 nitrogen and oxygen atoms in total. The second kappa shape index (κ2) is 9.45. The SMILES string of the molecule is CNC[C@@H](C(=O)OC)[C@@H]1CC[C@@H](C)[C@@H]2[C@@H](C)C[C@H](OC(C)=O)[C@@]2(C)[C@H]1OC(C)=O. The summed E-state index contributed by atoms with van der Waals surface area (Å²) in [4.78, 5) is 36.7. The molecular formula is C22H37NO6. The number of hydrogen-bond acceptors (Lipinski definition) is 7. The highest BCUT2D eigenvalue weighted by molar-refractivity contribution is 5.73. The molecule has 8 atom stereocenters. The van der Waals surface area contributed by atoms with Crippen LogP contribution in [-0.2, 0) is 28.6 Å². The summed E-state index contributed by atoms with van der Waals surface area (Å²) in [6.45, 7) is 9.71. The van der Waals surface area contributed by atoms with Gasteiger partial charge in [0.15, 0.2) is 0 Å². The highest BCUT2D eigenvalue weighted by Crippen LogP contribution is 2.59. The normalized spacial score (nSPS) is 37.8. The first-order valence-electron chi connectivity index (χ1n) is 10.6. The Hall–Kier alpha value is -1.63. The molecule has 0 saturated heterocycles. The van der Waals surface area contributed by atoms with E-state index in [1.807, 2.05) is 0 Å². The summed E-state index contributed by atoms with van der Waals surface area (Å²) in [5, 5.41) is 3.08. The van der Waals surface area contributed by atoms with Gasteiger partial charge in [-0.05, 0) is 44.1 Å². The topological polar surface area (TPSA) is 90.9 Å². The zero-order valence-corrected chi connectivity index (χ0v) is 18.8. The van der Waals surface area contributed by atoms with Gasteiger partial charge in [-0.2, -0.15) is 0 Å². The van der Waals surface area contributed by atoms with Gasteiger partial charge in [-0.25, -0.2) is 0 Å². The third-order valence-electron chi connectivity index (χ3n) is 7.23. The second-order valence-electron chi connectivity index (χ2n) is 9.14. The molecule has 7 heteroatoms. The fraction of sp³-hybridized carbons (Fsp3) is 0.864. The Labute approximate surface area is 174 Å². The monoisotopic (exact) mass is 411 g/mol. The zero-order chi connectivity index (χ0) is 21.9. The molecule has 0 aromatic heterocycles. The Bertz CT molecular complexity index is 622. The van der Waals surface area contributed by atoms with E-state index < -0.39 is 17.4 Å². The molecule has 0 bridgehead atoms. The first-order valence-corrected chi connectivity index (χ1v) is 10.6. The highest BCUT2D eigenvalue weighted by Gasteiger charge is 2.63. The van der Waals surface area contributed by atoms with Gasteiger partial charge in [0.1, 0.15) is 12.2 Å². The largest absolute Gasteiger partial charge is 0.469 e. The van der Waals surface area contributed by atoms with Crippen molar-refractivity contribution in [1.29, 1.82) is 0 Å². The lowest BCUT2D eigenvalue weighted by atomic mass is 9.65. The fourth-order valence-corrected chi connectivity index (χ4v) is 6.32. The van der Waals surface area contributed by atoms with E-state index in [0.29, 0.717) is 18.4 Å². The average Bonchev–Trinajstić information content (AvgIpc) is 2.82. The van der Waals surface area contributed by atoms with Crippen molar-refractivity contribution in [3.8, 4) is 0 Å². The van der Waals surface area contributed by atoms with Gasteiger partial charge >= 0.3 is 17.9 Å². The number of ether oxygens (including phenoxy) is 3. The maximum Gasteiger partial charge on any atom is 0.310 e. The minimum Gasteiger partial charge on any atom is -0.469 e. The van der Waals surface area contributed by atoms with Crippen LogP contribution in [0.25, 0.3) is 0 Å². The van der Waals surface area contributed by atoms with Gasteiger partial charge in [0.25, 0.3) is 0 Å². The summed E-state index contributed by atoms with van der Waals surface area (Å²) in [5.74, 6) is -0.822. The Morgan fingerprint density at radius 2 is 1.69 bits per heavy atom. The van der Waals surface area contributed by atoms with Crippen molar-refractivity contribution >= 4 is 17.9 Å². The molecule has 2 rings (SSSR count). The lowest BCUT2D eigenvalue weighted by molar-refractivity contribution is -0.183. The maximum absolute atomic E-state index is 12.7. The molecular weight excluding hydrogens is 374 g/mol. The van der Waals surface area contributed by atoms with Crippen LogP contribution in [0.4, 0.5) is 0 Å². The van der Waals surface area contributed by atoms with Crippen LogP contribution in [0.15, 0.2) is 0 Å². The molecule has 0 heterocycles. The van der Waals surface area contributed by atoms with Gasteiger partial charge in [0.05, 0.1) is 13.0 Å². The van der Waals surface area contributed by atoms with Crippen LogP contribution in [0.1, 0.15) is 53.9 Å². The minimum atomic E-state index is -0.572. The van der Waals surface area contributed by atoms with Crippen LogP contribution in [0, 0.1) is 35.0 Å². The summed E-state index contributed by atoms with van der Waals surface area (Å²) in [6, 6.07) is 0. The second-order valence-corrected chi connectivity index (χ2v) is 9.14. The summed E-state index contributed by atoms with van der Waals surface area (Å²) in [6.07, 6.45) is 1.48. The Kier molecular flexibility index (Phi) is 7.71. The van der Waals surface area contributed by atoms with E-state index in [2.05, 4.69) is 26.1 Å². The van der Waals surface area contributed by atoms with E-state index in [1.54, 1.807) is 7.05 Å². The van der Waals surface area contributed by atoms with Gasteiger partial charge in [0, 0.05) is 31.7 Å². The molecule has 2 saturated carbocycles. The van der Waals surface area contributed by atoms with Crippen molar-refractivity contribution in [3.05, 3.63) is 0 Å². The number of esters is 3. The van der Waals surface area contributed by atoms with Crippen molar-refractivity contribution < 1.29 is 28.6 Å². The summed E-state index contributed by atoms with van der Waals surface area (Å²) >= 11 is 0. The Balaban J connectivity index is 2.60. The van der Waals surface area contributed by atoms with Crippen molar-refractivity contribution in [3.63, 3.8) is 0 Å². The van der Waals surface area contributed by atoms with Crippen LogP contribution in [0.5, 0.6) is 0 Å². The number of carbonyl (C=O) groups is 3. The number of nitrogens with one attached hydrogen (secondary N) is 1. The lowest BCUT2D eigenvalue weighted by Gasteiger charge is -2.46. The van der Waals surface area contributed by atoms with E-state index in [4.69, 9.17) is 14.2 Å². The molecule has 1 N–H and O–H groups in total. The van der Waals surface area contributed by atoms with Crippen molar-refractivity contribution in [2.45, 2.75) is 66.1 Å². The smallest absolute Gasteiger partial charge is 0.310 e. The summed E-state index contributed by atoms with van der Waals surface area (Å²) in [5.41, 5.74) is -0.572. The van der Waals surface area contributed by atoms with Gasteiger partial charge in [-0.15, -0.1) is 0 Å². The van der Waals surface area contributed by atoms with E-state index in [0.717, 1.165) is 19.3 Å². The molecule has 2 aliphatic carbocycles. The van der Waals surface area contributed by atoms with E-state index in [9.17, 15) is 14.4 Å². The molecule has 166 valence electrons. The molecule has 0 spiro atoms. The summed E-state index contributed by atoms with van der Waals surface area (Å²) < 4.78 is 16.8.